The van der Waals surface area contributed by atoms with Crippen LogP contribution in [0, 0.1) is 5.82 Å². The Hall–Kier alpha value is -3.29. The quantitative estimate of drug-likeness (QED) is 0.381. The fourth-order valence-corrected chi connectivity index (χ4v) is 3.31. The monoisotopic (exact) mass is 423 g/mol. The maximum atomic E-state index is 13.6. The minimum Gasteiger partial charge on any atom is -0.369 e. The molecule has 8 heteroatoms. The minimum absolute atomic E-state index is 0.0401. The molecular formula is C22H19ClFN5O. The Morgan fingerprint density at radius 1 is 1.17 bits per heavy atom. The number of aliphatic hydroxyl groups is 1. The van der Waals surface area contributed by atoms with Gasteiger partial charge >= 0.3 is 0 Å². The molecule has 0 spiro atoms. The molecular weight excluding hydrogens is 405 g/mol. The average molecular weight is 424 g/mol. The standard InChI is InChI=1S/C22H19ClFN5O/c1-28(2)13-27-22(30)19-11-26-20-8-6-15(12-29(19)20)16-4-3-9-25-21(16)14-5-7-18(24)17(23)10-14/h3-13,22,30H,1-2H3/t22-/m0/s1. The number of aliphatic hydroxyl groups excluding tert-OH is 1. The summed E-state index contributed by atoms with van der Waals surface area (Å²) >= 11 is 5.97. The highest BCUT2D eigenvalue weighted by molar-refractivity contribution is 6.31. The van der Waals surface area contributed by atoms with Gasteiger partial charge in [-0.25, -0.2) is 14.4 Å². The van der Waals surface area contributed by atoms with Crippen LogP contribution >= 0.6 is 11.6 Å². The first-order chi connectivity index (χ1) is 14.4. The van der Waals surface area contributed by atoms with E-state index in [1.807, 2.05) is 44.6 Å². The number of aliphatic imine (C=N–C) groups is 1. The highest BCUT2D eigenvalue weighted by atomic mass is 35.5. The summed E-state index contributed by atoms with van der Waals surface area (Å²) in [6.07, 6.45) is 5.64. The molecule has 0 aliphatic carbocycles. The van der Waals surface area contributed by atoms with Crippen molar-refractivity contribution >= 4 is 23.6 Å². The molecule has 1 N–H and O–H groups in total. The van der Waals surface area contributed by atoms with Crippen LogP contribution in [0.2, 0.25) is 5.02 Å². The van der Waals surface area contributed by atoms with Gasteiger partial charge in [-0.15, -0.1) is 0 Å². The first-order valence-electron chi connectivity index (χ1n) is 9.19. The number of hydrogen-bond acceptors (Lipinski definition) is 4. The molecule has 3 aromatic heterocycles. The molecule has 152 valence electrons. The van der Waals surface area contributed by atoms with Crippen LogP contribution < -0.4 is 0 Å². The normalized spacial score (nSPS) is 12.6. The summed E-state index contributed by atoms with van der Waals surface area (Å²) in [5.41, 5.74) is 4.30. The van der Waals surface area contributed by atoms with E-state index >= 15 is 0 Å². The molecule has 0 radical (unpaired) electrons. The summed E-state index contributed by atoms with van der Waals surface area (Å²) in [7, 11) is 3.66. The summed E-state index contributed by atoms with van der Waals surface area (Å²) in [5.74, 6) is -0.477. The molecule has 0 saturated carbocycles. The van der Waals surface area contributed by atoms with Gasteiger partial charge < -0.3 is 10.0 Å². The number of rotatable bonds is 5. The van der Waals surface area contributed by atoms with Gasteiger partial charge in [-0.3, -0.25) is 9.38 Å². The lowest BCUT2D eigenvalue weighted by Crippen LogP contribution is -2.10. The lowest BCUT2D eigenvalue weighted by atomic mass is 10.0. The molecule has 4 aromatic rings. The maximum absolute atomic E-state index is 13.6. The molecule has 0 aliphatic rings. The molecule has 0 fully saturated rings. The van der Waals surface area contributed by atoms with Crippen molar-refractivity contribution < 1.29 is 9.50 Å². The predicted octanol–water partition coefficient (Wildman–Crippen LogP) is 4.44. The lowest BCUT2D eigenvalue weighted by molar-refractivity contribution is 0.182. The molecule has 0 saturated heterocycles. The number of hydrogen-bond donors (Lipinski definition) is 1. The summed E-state index contributed by atoms with van der Waals surface area (Å²) in [6.45, 7) is 0. The maximum Gasteiger partial charge on any atom is 0.190 e. The van der Waals surface area contributed by atoms with Gasteiger partial charge in [0.15, 0.2) is 6.23 Å². The molecule has 0 bridgehead atoms. The van der Waals surface area contributed by atoms with E-state index in [1.165, 1.54) is 6.07 Å². The summed E-state index contributed by atoms with van der Waals surface area (Å²) in [4.78, 5) is 14.7. The Labute approximate surface area is 177 Å². The van der Waals surface area contributed by atoms with Crippen LogP contribution in [0.4, 0.5) is 4.39 Å². The van der Waals surface area contributed by atoms with Gasteiger partial charge in [0.2, 0.25) is 0 Å². The van der Waals surface area contributed by atoms with E-state index in [2.05, 4.69) is 15.0 Å². The van der Waals surface area contributed by atoms with Crippen LogP contribution in [0.15, 0.2) is 66.0 Å². The molecule has 4 rings (SSSR count). The zero-order valence-electron chi connectivity index (χ0n) is 16.4. The van der Waals surface area contributed by atoms with Crippen molar-refractivity contribution in [3.8, 4) is 22.4 Å². The summed E-state index contributed by atoms with van der Waals surface area (Å²) < 4.78 is 15.4. The molecule has 0 unspecified atom stereocenters. The van der Waals surface area contributed by atoms with Crippen LogP contribution in [-0.4, -0.2) is 44.8 Å². The number of nitrogens with zero attached hydrogens (tertiary/aromatic N) is 5. The van der Waals surface area contributed by atoms with Gasteiger partial charge in [0.1, 0.15) is 11.5 Å². The number of benzene rings is 1. The lowest BCUT2D eigenvalue weighted by Gasteiger charge is -2.12. The van der Waals surface area contributed by atoms with Gasteiger partial charge in [-0.05, 0) is 36.4 Å². The zero-order valence-corrected chi connectivity index (χ0v) is 17.1. The SMILES string of the molecule is CN(C)C=N[C@@H](O)c1cnc2ccc(-c3cccnc3-c3ccc(F)c(Cl)c3)cn12. The third-order valence-corrected chi connectivity index (χ3v) is 4.84. The number of fused-ring (bicyclic) bond motifs is 1. The smallest absolute Gasteiger partial charge is 0.190 e. The van der Waals surface area contributed by atoms with E-state index in [9.17, 15) is 9.50 Å². The Morgan fingerprint density at radius 2 is 1.97 bits per heavy atom. The fraction of sp³-hybridized carbons (Fsp3) is 0.136. The van der Waals surface area contributed by atoms with Crippen molar-refractivity contribution in [2.45, 2.75) is 6.23 Å². The van der Waals surface area contributed by atoms with E-state index in [0.717, 1.165) is 11.1 Å². The molecule has 6 nitrogen and oxygen atoms in total. The predicted molar refractivity (Wildman–Crippen MR) is 116 cm³/mol. The van der Waals surface area contributed by atoms with E-state index in [4.69, 9.17) is 11.6 Å². The topological polar surface area (TPSA) is 66.0 Å². The van der Waals surface area contributed by atoms with E-state index in [1.54, 1.807) is 40.2 Å². The van der Waals surface area contributed by atoms with Crippen molar-refractivity contribution in [1.82, 2.24) is 19.3 Å². The second-order valence-corrected chi connectivity index (χ2v) is 7.37. The van der Waals surface area contributed by atoms with E-state index in [0.29, 0.717) is 22.6 Å². The number of pyridine rings is 2. The van der Waals surface area contributed by atoms with E-state index < -0.39 is 12.0 Å². The average Bonchev–Trinajstić information content (AvgIpc) is 3.17. The molecule has 0 aliphatic heterocycles. The highest BCUT2D eigenvalue weighted by Crippen LogP contribution is 2.32. The Kier molecular flexibility index (Phi) is 5.48. The van der Waals surface area contributed by atoms with Gasteiger partial charge in [0.25, 0.3) is 0 Å². The Balaban J connectivity index is 1.81. The van der Waals surface area contributed by atoms with Crippen LogP contribution in [0.5, 0.6) is 0 Å². The molecule has 3 heterocycles. The third kappa shape index (κ3) is 3.90. The molecule has 1 aromatic carbocycles. The van der Waals surface area contributed by atoms with Gasteiger partial charge in [-0.2, -0.15) is 0 Å². The summed E-state index contributed by atoms with van der Waals surface area (Å²) in [5, 5.41) is 10.5. The number of aromatic nitrogens is 3. The van der Waals surface area contributed by atoms with Crippen molar-refractivity contribution in [1.29, 1.82) is 0 Å². The second kappa shape index (κ2) is 8.22. The molecule has 30 heavy (non-hydrogen) atoms. The third-order valence-electron chi connectivity index (χ3n) is 4.55. The fourth-order valence-electron chi connectivity index (χ4n) is 3.13. The van der Waals surface area contributed by atoms with Crippen LogP contribution in [-0.2, 0) is 0 Å². The summed E-state index contributed by atoms with van der Waals surface area (Å²) in [6, 6.07) is 12.1. The van der Waals surface area contributed by atoms with Gasteiger partial charge in [0, 0.05) is 43.2 Å². The minimum atomic E-state index is -1.05. The zero-order chi connectivity index (χ0) is 21.3. The molecule has 1 atom stereocenters. The van der Waals surface area contributed by atoms with Crippen LogP contribution in [0.25, 0.3) is 28.0 Å². The molecule has 0 amide bonds. The number of halogens is 2. The highest BCUT2D eigenvalue weighted by Gasteiger charge is 2.15. The van der Waals surface area contributed by atoms with Crippen molar-refractivity contribution in [2.75, 3.05) is 14.1 Å². The van der Waals surface area contributed by atoms with Crippen LogP contribution in [0.3, 0.4) is 0 Å². The second-order valence-electron chi connectivity index (χ2n) is 6.96. The van der Waals surface area contributed by atoms with Crippen LogP contribution in [0.1, 0.15) is 11.9 Å². The van der Waals surface area contributed by atoms with E-state index in [-0.39, 0.29) is 5.02 Å². The Bertz CT molecular complexity index is 1240. The van der Waals surface area contributed by atoms with Crippen molar-refractivity contribution in [2.24, 2.45) is 4.99 Å². The first-order valence-corrected chi connectivity index (χ1v) is 9.57. The number of imidazole rings is 1. The van der Waals surface area contributed by atoms with Gasteiger partial charge in [0.05, 0.1) is 28.9 Å². The van der Waals surface area contributed by atoms with Gasteiger partial charge in [-0.1, -0.05) is 17.7 Å². The Morgan fingerprint density at radius 3 is 2.73 bits per heavy atom. The first kappa shape index (κ1) is 20.0. The van der Waals surface area contributed by atoms with Crippen molar-refractivity contribution in [3.63, 3.8) is 0 Å². The van der Waals surface area contributed by atoms with Crippen molar-refractivity contribution in [3.05, 3.63) is 77.6 Å². The largest absolute Gasteiger partial charge is 0.369 e.